The van der Waals surface area contributed by atoms with Crippen molar-refractivity contribution < 1.29 is 0 Å². The standard InChI is InChI=1S/C15H21BrN4/c1-11-13(7-18-15(2,3)4)8-19-20(11)10-12-5-14(16)9-17-6-12/h5-6,8-9,18H,7,10H2,1-4H3. The summed E-state index contributed by atoms with van der Waals surface area (Å²) >= 11 is 3.44. The molecular formula is C15H21BrN4. The van der Waals surface area contributed by atoms with E-state index >= 15 is 0 Å². The Labute approximate surface area is 128 Å². The van der Waals surface area contributed by atoms with Gasteiger partial charge in [0.15, 0.2) is 0 Å². The quantitative estimate of drug-likeness (QED) is 0.931. The fourth-order valence-corrected chi connectivity index (χ4v) is 2.31. The average Bonchev–Trinajstić information content (AvgIpc) is 2.68. The summed E-state index contributed by atoms with van der Waals surface area (Å²) in [5.74, 6) is 0. The van der Waals surface area contributed by atoms with Crippen molar-refractivity contribution in [3.8, 4) is 0 Å². The Morgan fingerprint density at radius 2 is 2.00 bits per heavy atom. The van der Waals surface area contributed by atoms with E-state index in [0.717, 1.165) is 23.1 Å². The molecule has 0 radical (unpaired) electrons. The summed E-state index contributed by atoms with van der Waals surface area (Å²) in [7, 11) is 0. The van der Waals surface area contributed by atoms with E-state index < -0.39 is 0 Å². The first kappa shape index (κ1) is 15.2. The number of hydrogen-bond donors (Lipinski definition) is 1. The molecule has 2 aromatic heterocycles. The average molecular weight is 337 g/mol. The van der Waals surface area contributed by atoms with E-state index in [9.17, 15) is 0 Å². The summed E-state index contributed by atoms with van der Waals surface area (Å²) in [6, 6.07) is 2.07. The molecule has 2 heterocycles. The molecule has 1 N–H and O–H groups in total. The number of halogens is 1. The smallest absolute Gasteiger partial charge is 0.0677 e. The summed E-state index contributed by atoms with van der Waals surface area (Å²) in [4.78, 5) is 4.19. The van der Waals surface area contributed by atoms with Gasteiger partial charge in [0.25, 0.3) is 0 Å². The summed E-state index contributed by atoms with van der Waals surface area (Å²) in [5, 5.41) is 7.97. The van der Waals surface area contributed by atoms with Crippen LogP contribution < -0.4 is 5.32 Å². The van der Waals surface area contributed by atoms with Crippen molar-refractivity contribution in [2.75, 3.05) is 0 Å². The Morgan fingerprint density at radius 3 is 2.65 bits per heavy atom. The van der Waals surface area contributed by atoms with Crippen LogP contribution in [0.15, 0.2) is 29.1 Å². The van der Waals surface area contributed by atoms with Gasteiger partial charge in [0.2, 0.25) is 0 Å². The van der Waals surface area contributed by atoms with Gasteiger partial charge < -0.3 is 5.32 Å². The van der Waals surface area contributed by atoms with Gasteiger partial charge in [-0.25, -0.2) is 0 Å². The maximum atomic E-state index is 4.47. The molecule has 4 nitrogen and oxygen atoms in total. The zero-order chi connectivity index (χ0) is 14.8. The van der Waals surface area contributed by atoms with Crippen molar-refractivity contribution >= 4 is 15.9 Å². The Balaban J connectivity index is 2.09. The van der Waals surface area contributed by atoms with Crippen LogP contribution in [-0.2, 0) is 13.1 Å². The third-order valence-electron chi connectivity index (χ3n) is 3.11. The first-order chi connectivity index (χ1) is 9.35. The number of rotatable bonds is 4. The van der Waals surface area contributed by atoms with Gasteiger partial charge in [0.05, 0.1) is 12.7 Å². The zero-order valence-electron chi connectivity index (χ0n) is 12.4. The van der Waals surface area contributed by atoms with Crippen molar-refractivity contribution in [1.82, 2.24) is 20.1 Å². The van der Waals surface area contributed by atoms with E-state index in [1.54, 1.807) is 6.20 Å². The molecule has 0 bridgehead atoms. The van der Waals surface area contributed by atoms with Crippen molar-refractivity contribution in [3.63, 3.8) is 0 Å². The lowest BCUT2D eigenvalue weighted by Crippen LogP contribution is -2.35. The summed E-state index contributed by atoms with van der Waals surface area (Å²) in [6.45, 7) is 10.2. The molecule has 5 heteroatoms. The molecule has 2 rings (SSSR count). The van der Waals surface area contributed by atoms with Gasteiger partial charge in [-0.1, -0.05) is 0 Å². The second-order valence-corrected chi connectivity index (χ2v) is 6.94. The Bertz CT molecular complexity index is 584. The van der Waals surface area contributed by atoms with Gasteiger partial charge in [0.1, 0.15) is 0 Å². The van der Waals surface area contributed by atoms with E-state index in [2.05, 4.69) is 65.1 Å². The zero-order valence-corrected chi connectivity index (χ0v) is 14.0. The van der Waals surface area contributed by atoms with Crippen LogP contribution in [0.25, 0.3) is 0 Å². The molecular weight excluding hydrogens is 316 g/mol. The van der Waals surface area contributed by atoms with E-state index in [-0.39, 0.29) is 5.54 Å². The summed E-state index contributed by atoms with van der Waals surface area (Å²) < 4.78 is 3.01. The van der Waals surface area contributed by atoms with E-state index in [1.807, 2.05) is 17.1 Å². The lowest BCUT2D eigenvalue weighted by atomic mass is 10.1. The van der Waals surface area contributed by atoms with Gasteiger partial charge in [0, 0.05) is 40.2 Å². The predicted molar refractivity (Wildman–Crippen MR) is 84.6 cm³/mol. The van der Waals surface area contributed by atoms with Crippen LogP contribution in [0.5, 0.6) is 0 Å². The van der Waals surface area contributed by atoms with Gasteiger partial charge in [-0.2, -0.15) is 5.10 Å². The minimum absolute atomic E-state index is 0.114. The molecule has 0 saturated carbocycles. The van der Waals surface area contributed by atoms with Crippen LogP contribution >= 0.6 is 15.9 Å². The highest BCUT2D eigenvalue weighted by molar-refractivity contribution is 9.10. The molecule has 108 valence electrons. The van der Waals surface area contributed by atoms with Crippen LogP contribution in [0.4, 0.5) is 0 Å². The molecule has 0 aliphatic carbocycles. The molecule has 0 aliphatic rings. The van der Waals surface area contributed by atoms with Gasteiger partial charge in [-0.15, -0.1) is 0 Å². The SMILES string of the molecule is Cc1c(CNC(C)(C)C)cnn1Cc1cncc(Br)c1. The van der Waals surface area contributed by atoms with Crippen LogP contribution in [0, 0.1) is 6.92 Å². The molecule has 0 aliphatic heterocycles. The highest BCUT2D eigenvalue weighted by Crippen LogP contribution is 2.14. The Kier molecular flexibility index (Phi) is 4.60. The maximum absolute atomic E-state index is 4.47. The third kappa shape index (κ3) is 4.15. The van der Waals surface area contributed by atoms with Crippen molar-refractivity contribution in [2.45, 2.75) is 46.3 Å². The van der Waals surface area contributed by atoms with Crippen LogP contribution in [0.1, 0.15) is 37.6 Å². The molecule has 0 unspecified atom stereocenters. The van der Waals surface area contributed by atoms with Crippen LogP contribution in [0.2, 0.25) is 0 Å². The topological polar surface area (TPSA) is 42.7 Å². The fourth-order valence-electron chi connectivity index (χ4n) is 1.89. The molecule has 2 aromatic rings. The second kappa shape index (κ2) is 6.06. The maximum Gasteiger partial charge on any atom is 0.0677 e. The molecule has 20 heavy (non-hydrogen) atoms. The number of pyridine rings is 1. The van der Waals surface area contributed by atoms with Gasteiger partial charge in [-0.3, -0.25) is 9.67 Å². The van der Waals surface area contributed by atoms with Crippen LogP contribution in [-0.4, -0.2) is 20.3 Å². The number of nitrogens with zero attached hydrogens (tertiary/aromatic N) is 3. The van der Waals surface area contributed by atoms with Crippen LogP contribution in [0.3, 0.4) is 0 Å². The number of hydrogen-bond acceptors (Lipinski definition) is 3. The summed E-state index contributed by atoms with van der Waals surface area (Å²) in [5.41, 5.74) is 3.69. The third-order valence-corrected chi connectivity index (χ3v) is 3.54. The van der Waals surface area contributed by atoms with Crippen molar-refractivity contribution in [1.29, 1.82) is 0 Å². The highest BCUT2D eigenvalue weighted by Gasteiger charge is 2.12. The Morgan fingerprint density at radius 1 is 1.25 bits per heavy atom. The minimum atomic E-state index is 0.114. The second-order valence-electron chi connectivity index (χ2n) is 6.03. The largest absolute Gasteiger partial charge is 0.308 e. The first-order valence-electron chi connectivity index (χ1n) is 6.71. The lowest BCUT2D eigenvalue weighted by molar-refractivity contribution is 0.423. The van der Waals surface area contributed by atoms with Crippen molar-refractivity contribution in [2.24, 2.45) is 0 Å². The van der Waals surface area contributed by atoms with Crippen molar-refractivity contribution in [3.05, 3.63) is 46.0 Å². The van der Waals surface area contributed by atoms with Gasteiger partial charge in [-0.05, 0) is 55.3 Å². The summed E-state index contributed by atoms with van der Waals surface area (Å²) in [6.07, 6.45) is 5.61. The number of aromatic nitrogens is 3. The van der Waals surface area contributed by atoms with E-state index in [1.165, 1.54) is 11.3 Å². The monoisotopic (exact) mass is 336 g/mol. The molecule has 0 amide bonds. The number of nitrogens with one attached hydrogen (secondary N) is 1. The molecule has 0 fully saturated rings. The van der Waals surface area contributed by atoms with E-state index in [0.29, 0.717) is 0 Å². The van der Waals surface area contributed by atoms with Gasteiger partial charge >= 0.3 is 0 Å². The predicted octanol–water partition coefficient (Wildman–Crippen LogP) is 3.29. The molecule has 0 spiro atoms. The van der Waals surface area contributed by atoms with E-state index in [4.69, 9.17) is 0 Å². The fraction of sp³-hybridized carbons (Fsp3) is 0.467. The molecule has 0 atom stereocenters. The Hall–Kier alpha value is -1.20. The molecule has 0 aromatic carbocycles. The highest BCUT2D eigenvalue weighted by atomic mass is 79.9. The minimum Gasteiger partial charge on any atom is -0.308 e. The normalized spacial score (nSPS) is 11.8. The molecule has 0 saturated heterocycles. The first-order valence-corrected chi connectivity index (χ1v) is 7.50. The lowest BCUT2D eigenvalue weighted by Gasteiger charge is -2.20.